The molecule has 1 heterocycles. The Bertz CT molecular complexity index is 262. The Balaban J connectivity index is 2.23. The first kappa shape index (κ1) is 11.6. The van der Waals surface area contributed by atoms with Gasteiger partial charge in [0.05, 0.1) is 11.8 Å². The first-order chi connectivity index (χ1) is 6.72. The second-order valence-electron chi connectivity index (χ2n) is 3.47. The first-order valence-corrected chi connectivity index (χ1v) is 6.27. The van der Waals surface area contributed by atoms with E-state index >= 15 is 0 Å². The summed E-state index contributed by atoms with van der Waals surface area (Å²) in [5.74, 6) is 1.12. The molecule has 0 bridgehead atoms. The average molecular weight is 214 g/mol. The molecule has 0 saturated carbocycles. The van der Waals surface area contributed by atoms with E-state index in [0.29, 0.717) is 6.42 Å². The topological polar surface area (TPSA) is 38.0 Å². The molecule has 1 unspecified atom stereocenters. The van der Waals surface area contributed by atoms with E-state index in [0.717, 1.165) is 24.3 Å². The van der Waals surface area contributed by atoms with Crippen molar-refractivity contribution in [1.82, 2.24) is 9.78 Å². The lowest BCUT2D eigenvalue weighted by molar-refractivity contribution is 0.163. The van der Waals surface area contributed by atoms with Gasteiger partial charge in [-0.2, -0.15) is 16.9 Å². The van der Waals surface area contributed by atoms with Gasteiger partial charge in [0.15, 0.2) is 0 Å². The summed E-state index contributed by atoms with van der Waals surface area (Å²) in [7, 11) is 1.89. The molecule has 0 amide bonds. The Morgan fingerprint density at radius 2 is 2.43 bits per heavy atom. The number of hydrogen-bond donors (Lipinski definition) is 1. The van der Waals surface area contributed by atoms with Crippen LogP contribution >= 0.6 is 11.8 Å². The molecule has 1 N–H and O–H groups in total. The molecule has 0 aliphatic heterocycles. The van der Waals surface area contributed by atoms with Crippen LogP contribution in [-0.4, -0.2) is 33.0 Å². The molecule has 0 aliphatic rings. The highest BCUT2D eigenvalue weighted by Gasteiger charge is 2.06. The largest absolute Gasteiger partial charge is 0.393 e. The maximum absolute atomic E-state index is 9.68. The molecule has 14 heavy (non-hydrogen) atoms. The van der Waals surface area contributed by atoms with Crippen molar-refractivity contribution in [2.24, 2.45) is 7.05 Å². The van der Waals surface area contributed by atoms with Gasteiger partial charge in [-0.15, -0.1) is 0 Å². The van der Waals surface area contributed by atoms with Crippen molar-refractivity contribution in [3.63, 3.8) is 0 Å². The van der Waals surface area contributed by atoms with Crippen molar-refractivity contribution >= 4 is 11.8 Å². The van der Waals surface area contributed by atoms with Crippen LogP contribution < -0.4 is 0 Å². The number of nitrogens with zero attached hydrogens (tertiary/aromatic N) is 2. The maximum atomic E-state index is 9.68. The minimum atomic E-state index is -0.239. The number of aliphatic hydroxyl groups is 1. The van der Waals surface area contributed by atoms with E-state index in [9.17, 15) is 5.11 Å². The van der Waals surface area contributed by atoms with E-state index < -0.39 is 0 Å². The van der Waals surface area contributed by atoms with Crippen LogP contribution in [0.1, 0.15) is 18.5 Å². The molecule has 0 aromatic carbocycles. The zero-order chi connectivity index (χ0) is 10.4. The molecule has 0 spiro atoms. The highest BCUT2D eigenvalue weighted by atomic mass is 32.2. The third-order valence-electron chi connectivity index (χ3n) is 2.10. The lowest BCUT2D eigenvalue weighted by Gasteiger charge is -2.07. The number of hydrogen-bond acceptors (Lipinski definition) is 3. The second kappa shape index (κ2) is 6.09. The van der Waals surface area contributed by atoms with E-state index in [-0.39, 0.29) is 6.10 Å². The molecule has 80 valence electrons. The van der Waals surface area contributed by atoms with E-state index in [4.69, 9.17) is 0 Å². The number of rotatable bonds is 6. The minimum absolute atomic E-state index is 0.239. The molecule has 1 atom stereocenters. The molecule has 1 aromatic heterocycles. The number of aryl methyl sites for hydroxylation is 1. The first-order valence-electron chi connectivity index (χ1n) is 4.88. The summed E-state index contributed by atoms with van der Waals surface area (Å²) in [5.41, 5.74) is 0.976. The van der Waals surface area contributed by atoms with Gasteiger partial charge in [0, 0.05) is 19.7 Å². The molecule has 4 heteroatoms. The Hall–Kier alpha value is -0.480. The summed E-state index contributed by atoms with van der Waals surface area (Å²) in [4.78, 5) is 0. The van der Waals surface area contributed by atoms with Crippen molar-refractivity contribution in [2.45, 2.75) is 25.4 Å². The number of thioether (sulfide) groups is 1. The fourth-order valence-electron chi connectivity index (χ4n) is 1.38. The van der Waals surface area contributed by atoms with Crippen LogP contribution in [0.3, 0.4) is 0 Å². The summed E-state index contributed by atoms with van der Waals surface area (Å²) in [6.07, 6.45) is 6.38. The molecule has 0 radical (unpaired) electrons. The van der Waals surface area contributed by atoms with Crippen LogP contribution in [-0.2, 0) is 13.5 Å². The Labute approximate surface area is 89.5 Å². The van der Waals surface area contributed by atoms with Gasteiger partial charge in [-0.05, 0) is 30.9 Å². The molecule has 1 aromatic rings. The third kappa shape index (κ3) is 4.15. The van der Waals surface area contributed by atoms with Gasteiger partial charge in [-0.25, -0.2) is 0 Å². The Morgan fingerprint density at radius 3 is 3.00 bits per heavy atom. The fourth-order valence-corrected chi connectivity index (χ4v) is 1.83. The average Bonchev–Trinajstić information content (AvgIpc) is 2.52. The molecule has 0 saturated heterocycles. The number of aliphatic hydroxyl groups excluding tert-OH is 1. The van der Waals surface area contributed by atoms with Crippen LogP contribution in [0.15, 0.2) is 12.3 Å². The van der Waals surface area contributed by atoms with Gasteiger partial charge in [-0.1, -0.05) is 0 Å². The van der Waals surface area contributed by atoms with Crippen molar-refractivity contribution in [1.29, 1.82) is 0 Å². The van der Waals surface area contributed by atoms with Crippen LogP contribution in [0.25, 0.3) is 0 Å². The van der Waals surface area contributed by atoms with Crippen molar-refractivity contribution in [2.75, 3.05) is 12.0 Å². The summed E-state index contributed by atoms with van der Waals surface area (Å²) in [6.45, 7) is 0. The Morgan fingerprint density at radius 1 is 1.64 bits per heavy atom. The fraction of sp³-hybridized carbons (Fsp3) is 0.700. The molecule has 1 rings (SSSR count). The summed E-state index contributed by atoms with van der Waals surface area (Å²) >= 11 is 1.82. The monoisotopic (exact) mass is 214 g/mol. The van der Waals surface area contributed by atoms with Crippen LogP contribution in [0.2, 0.25) is 0 Å². The molecule has 0 aliphatic carbocycles. The van der Waals surface area contributed by atoms with Crippen molar-refractivity contribution in [3.05, 3.63) is 18.0 Å². The van der Waals surface area contributed by atoms with Crippen LogP contribution in [0.4, 0.5) is 0 Å². The van der Waals surface area contributed by atoms with Crippen LogP contribution in [0, 0.1) is 0 Å². The van der Waals surface area contributed by atoms with Gasteiger partial charge >= 0.3 is 0 Å². The zero-order valence-electron chi connectivity index (χ0n) is 8.81. The quantitative estimate of drug-likeness (QED) is 0.729. The van der Waals surface area contributed by atoms with Gasteiger partial charge in [0.25, 0.3) is 0 Å². The third-order valence-corrected chi connectivity index (χ3v) is 2.80. The van der Waals surface area contributed by atoms with E-state index in [1.54, 1.807) is 4.68 Å². The van der Waals surface area contributed by atoms with Gasteiger partial charge < -0.3 is 5.11 Å². The maximum Gasteiger partial charge on any atom is 0.0650 e. The minimum Gasteiger partial charge on any atom is -0.393 e. The Kier molecular flexibility index (Phi) is 5.04. The van der Waals surface area contributed by atoms with Crippen molar-refractivity contribution < 1.29 is 5.11 Å². The highest BCUT2D eigenvalue weighted by Crippen LogP contribution is 2.07. The van der Waals surface area contributed by atoms with Gasteiger partial charge in [0.2, 0.25) is 0 Å². The van der Waals surface area contributed by atoms with Gasteiger partial charge in [0.1, 0.15) is 0 Å². The lowest BCUT2D eigenvalue weighted by atomic mass is 10.1. The van der Waals surface area contributed by atoms with Gasteiger partial charge in [-0.3, -0.25) is 4.68 Å². The molecular weight excluding hydrogens is 196 g/mol. The van der Waals surface area contributed by atoms with E-state index in [1.165, 1.54) is 0 Å². The van der Waals surface area contributed by atoms with E-state index in [1.807, 2.05) is 31.1 Å². The molecule has 3 nitrogen and oxygen atoms in total. The normalized spacial score (nSPS) is 13.1. The predicted molar refractivity (Wildman–Crippen MR) is 60.5 cm³/mol. The molecular formula is C10H18N2OS. The SMILES string of the molecule is CSCCCC(O)Cc1ccn(C)n1. The number of aromatic nitrogens is 2. The summed E-state index contributed by atoms with van der Waals surface area (Å²) < 4.78 is 1.77. The second-order valence-corrected chi connectivity index (χ2v) is 4.46. The van der Waals surface area contributed by atoms with E-state index in [2.05, 4.69) is 11.4 Å². The molecule has 0 fully saturated rings. The summed E-state index contributed by atoms with van der Waals surface area (Å²) in [6, 6.07) is 1.96. The predicted octanol–water partition coefficient (Wildman–Crippen LogP) is 1.47. The standard InChI is InChI=1S/C10H18N2OS/c1-12-6-5-9(11-12)8-10(13)4-3-7-14-2/h5-6,10,13H,3-4,7-8H2,1-2H3. The smallest absolute Gasteiger partial charge is 0.0650 e. The lowest BCUT2D eigenvalue weighted by Crippen LogP contribution is -2.11. The highest BCUT2D eigenvalue weighted by molar-refractivity contribution is 7.98. The summed E-state index contributed by atoms with van der Waals surface area (Å²) in [5, 5.41) is 13.9. The van der Waals surface area contributed by atoms with Crippen LogP contribution in [0.5, 0.6) is 0 Å². The van der Waals surface area contributed by atoms with Crippen molar-refractivity contribution in [3.8, 4) is 0 Å². The zero-order valence-corrected chi connectivity index (χ0v) is 9.63.